The van der Waals surface area contributed by atoms with Crippen LogP contribution in [-0.4, -0.2) is 26.3 Å². The largest absolute Gasteiger partial charge is 0.507 e. The lowest BCUT2D eigenvalue weighted by Gasteiger charge is -2.10. The van der Waals surface area contributed by atoms with Crippen molar-refractivity contribution in [3.05, 3.63) is 53.1 Å². The topological polar surface area (TPSA) is 88.0 Å². The second kappa shape index (κ2) is 6.92. The van der Waals surface area contributed by atoms with Crippen molar-refractivity contribution in [2.75, 3.05) is 7.11 Å². The second-order valence-corrected chi connectivity index (χ2v) is 7.07. The van der Waals surface area contributed by atoms with Gasteiger partial charge in [0, 0.05) is 11.6 Å². The molecule has 0 radical (unpaired) electrons. The third-order valence-electron chi connectivity index (χ3n) is 3.56. The van der Waals surface area contributed by atoms with Crippen LogP contribution in [0.15, 0.2) is 46.4 Å². The molecule has 0 bridgehead atoms. The monoisotopic (exact) mass is 348 g/mol. The van der Waals surface area contributed by atoms with Crippen LogP contribution in [-0.2, 0) is 10.0 Å². The van der Waals surface area contributed by atoms with Gasteiger partial charge < -0.3 is 9.84 Å². The summed E-state index contributed by atoms with van der Waals surface area (Å²) in [6.45, 7) is 5.15. The molecule has 6 nitrogen and oxygen atoms in total. The first-order valence-corrected chi connectivity index (χ1v) is 8.73. The summed E-state index contributed by atoms with van der Waals surface area (Å²) >= 11 is 0. The molecular formula is C17H20N2O4S. The van der Waals surface area contributed by atoms with Crippen LogP contribution < -0.4 is 9.57 Å². The van der Waals surface area contributed by atoms with Crippen LogP contribution in [0.25, 0.3) is 0 Å². The molecule has 24 heavy (non-hydrogen) atoms. The Balaban J connectivity index is 2.30. The van der Waals surface area contributed by atoms with Crippen molar-refractivity contribution in [2.24, 2.45) is 5.10 Å². The first kappa shape index (κ1) is 17.8. The number of methoxy groups -OCH3 is 1. The summed E-state index contributed by atoms with van der Waals surface area (Å²) in [5.41, 5.74) is 2.23. The number of sulfonamides is 1. The molecule has 2 aromatic rings. The van der Waals surface area contributed by atoms with Crippen LogP contribution in [0.3, 0.4) is 0 Å². The van der Waals surface area contributed by atoms with Crippen LogP contribution in [0.4, 0.5) is 0 Å². The van der Waals surface area contributed by atoms with E-state index in [0.29, 0.717) is 22.6 Å². The van der Waals surface area contributed by atoms with Crippen molar-refractivity contribution in [3.63, 3.8) is 0 Å². The number of ether oxygens (including phenoxy) is 1. The summed E-state index contributed by atoms with van der Waals surface area (Å²) in [4.78, 5) is 2.39. The standard InChI is InChI=1S/C17H20N2O4S/c1-11-5-6-12(2)17(9-11)24(21,22)19-18-13(3)15-8-7-14(23-4)10-16(15)20/h5-10,19-20H,1-4H3. The van der Waals surface area contributed by atoms with Crippen molar-refractivity contribution in [1.82, 2.24) is 4.83 Å². The van der Waals surface area contributed by atoms with E-state index in [1.165, 1.54) is 13.2 Å². The van der Waals surface area contributed by atoms with E-state index in [-0.39, 0.29) is 10.6 Å². The number of hydrogen-bond donors (Lipinski definition) is 2. The van der Waals surface area contributed by atoms with Gasteiger partial charge in [-0.3, -0.25) is 0 Å². The zero-order valence-corrected chi connectivity index (χ0v) is 14.8. The zero-order valence-electron chi connectivity index (χ0n) is 14.0. The van der Waals surface area contributed by atoms with Gasteiger partial charge in [-0.2, -0.15) is 18.4 Å². The van der Waals surface area contributed by atoms with Gasteiger partial charge in [0.05, 0.1) is 17.7 Å². The van der Waals surface area contributed by atoms with Crippen LogP contribution in [0.1, 0.15) is 23.6 Å². The molecule has 0 amide bonds. The highest BCUT2D eigenvalue weighted by Gasteiger charge is 2.16. The molecule has 128 valence electrons. The molecule has 0 fully saturated rings. The number of aryl methyl sites for hydroxylation is 2. The van der Waals surface area contributed by atoms with E-state index in [0.717, 1.165) is 5.56 Å². The molecule has 2 rings (SSSR count). The van der Waals surface area contributed by atoms with E-state index in [1.54, 1.807) is 38.1 Å². The summed E-state index contributed by atoms with van der Waals surface area (Å²) in [5, 5.41) is 13.9. The maximum Gasteiger partial charge on any atom is 0.276 e. The molecule has 0 saturated carbocycles. The van der Waals surface area contributed by atoms with Crippen molar-refractivity contribution in [3.8, 4) is 11.5 Å². The van der Waals surface area contributed by atoms with E-state index >= 15 is 0 Å². The number of benzene rings is 2. The Labute approximate surface area is 141 Å². The lowest BCUT2D eigenvalue weighted by Crippen LogP contribution is -2.21. The smallest absolute Gasteiger partial charge is 0.276 e. The van der Waals surface area contributed by atoms with Crippen LogP contribution >= 0.6 is 0 Å². The number of nitrogens with one attached hydrogen (secondary N) is 1. The van der Waals surface area contributed by atoms with E-state index in [4.69, 9.17) is 4.74 Å². The average Bonchev–Trinajstić information content (AvgIpc) is 2.54. The first-order valence-electron chi connectivity index (χ1n) is 7.25. The molecule has 0 aromatic heterocycles. The van der Waals surface area contributed by atoms with Crippen molar-refractivity contribution >= 4 is 15.7 Å². The fourth-order valence-electron chi connectivity index (χ4n) is 2.18. The first-order chi connectivity index (χ1) is 11.2. The SMILES string of the molecule is COc1ccc(C(C)=NNS(=O)(=O)c2cc(C)ccc2C)c(O)c1. The summed E-state index contributed by atoms with van der Waals surface area (Å²) in [6, 6.07) is 9.89. The van der Waals surface area contributed by atoms with Gasteiger partial charge in [0.1, 0.15) is 11.5 Å². The van der Waals surface area contributed by atoms with Gasteiger partial charge >= 0.3 is 0 Å². The molecule has 2 aromatic carbocycles. The van der Waals surface area contributed by atoms with E-state index in [9.17, 15) is 13.5 Å². The van der Waals surface area contributed by atoms with Gasteiger partial charge in [0.25, 0.3) is 10.0 Å². The number of hydrogen-bond acceptors (Lipinski definition) is 5. The number of aromatic hydroxyl groups is 1. The molecule has 0 heterocycles. The minimum Gasteiger partial charge on any atom is -0.507 e. The lowest BCUT2D eigenvalue weighted by molar-refractivity contribution is 0.407. The highest BCUT2D eigenvalue weighted by atomic mass is 32.2. The Kier molecular flexibility index (Phi) is 5.14. The Morgan fingerprint density at radius 3 is 2.50 bits per heavy atom. The molecule has 0 unspecified atom stereocenters. The molecular weight excluding hydrogens is 328 g/mol. The molecule has 0 saturated heterocycles. The van der Waals surface area contributed by atoms with Gasteiger partial charge in [0.2, 0.25) is 0 Å². The summed E-state index contributed by atoms with van der Waals surface area (Å²) in [5.74, 6) is 0.460. The third kappa shape index (κ3) is 3.86. The number of nitrogens with zero attached hydrogens (tertiary/aromatic N) is 1. The summed E-state index contributed by atoms with van der Waals surface area (Å²) in [7, 11) is -2.29. The van der Waals surface area contributed by atoms with Crippen molar-refractivity contribution in [1.29, 1.82) is 0 Å². The fourth-order valence-corrected chi connectivity index (χ4v) is 3.37. The second-order valence-electron chi connectivity index (χ2n) is 5.44. The van der Waals surface area contributed by atoms with Gasteiger partial charge in [-0.1, -0.05) is 12.1 Å². The number of rotatable bonds is 5. The van der Waals surface area contributed by atoms with Crippen LogP contribution in [0.5, 0.6) is 11.5 Å². The molecule has 0 atom stereocenters. The Morgan fingerprint density at radius 1 is 1.17 bits per heavy atom. The molecule has 0 aliphatic carbocycles. The van der Waals surface area contributed by atoms with E-state index in [1.807, 2.05) is 13.0 Å². The lowest BCUT2D eigenvalue weighted by atomic mass is 10.1. The minimum absolute atomic E-state index is 0.0402. The van der Waals surface area contributed by atoms with Gasteiger partial charge in [-0.15, -0.1) is 0 Å². The van der Waals surface area contributed by atoms with Gasteiger partial charge in [-0.25, -0.2) is 0 Å². The number of hydrazone groups is 1. The van der Waals surface area contributed by atoms with E-state index < -0.39 is 10.0 Å². The summed E-state index contributed by atoms with van der Waals surface area (Å²) < 4.78 is 29.9. The highest BCUT2D eigenvalue weighted by Crippen LogP contribution is 2.24. The molecule has 2 N–H and O–H groups in total. The van der Waals surface area contributed by atoms with Gasteiger partial charge in [-0.05, 0) is 50.1 Å². The maximum absolute atomic E-state index is 12.4. The third-order valence-corrected chi connectivity index (χ3v) is 4.91. The molecule has 0 spiro atoms. The van der Waals surface area contributed by atoms with Crippen LogP contribution in [0.2, 0.25) is 0 Å². The highest BCUT2D eigenvalue weighted by molar-refractivity contribution is 7.89. The average molecular weight is 348 g/mol. The number of phenols is 1. The van der Waals surface area contributed by atoms with Crippen molar-refractivity contribution < 1.29 is 18.3 Å². The maximum atomic E-state index is 12.4. The molecule has 0 aliphatic heterocycles. The Hall–Kier alpha value is -2.54. The Morgan fingerprint density at radius 2 is 1.88 bits per heavy atom. The zero-order chi connectivity index (χ0) is 17.9. The van der Waals surface area contributed by atoms with E-state index in [2.05, 4.69) is 9.93 Å². The minimum atomic E-state index is -3.79. The molecule has 0 aliphatic rings. The number of phenolic OH excluding ortho intramolecular Hbond substituents is 1. The normalized spacial score (nSPS) is 12.1. The predicted octanol–water partition coefficient (Wildman–Crippen LogP) is 2.72. The molecule has 7 heteroatoms. The summed E-state index contributed by atoms with van der Waals surface area (Å²) in [6.07, 6.45) is 0. The van der Waals surface area contributed by atoms with Crippen LogP contribution in [0, 0.1) is 13.8 Å². The fraction of sp³-hybridized carbons (Fsp3) is 0.235. The van der Waals surface area contributed by atoms with Crippen molar-refractivity contribution in [2.45, 2.75) is 25.7 Å². The predicted molar refractivity (Wildman–Crippen MR) is 93.1 cm³/mol. The van der Waals surface area contributed by atoms with Gasteiger partial charge in [0.15, 0.2) is 0 Å². The Bertz CT molecular complexity index is 889. The quantitative estimate of drug-likeness (QED) is 0.642.